The highest BCUT2D eigenvalue weighted by Crippen LogP contribution is 2.42. The van der Waals surface area contributed by atoms with E-state index in [9.17, 15) is 4.79 Å². The Kier molecular flexibility index (Phi) is 7.86. The minimum Gasteiger partial charge on any atom is -0.362 e. The lowest BCUT2D eigenvalue weighted by Gasteiger charge is -2.43. The summed E-state index contributed by atoms with van der Waals surface area (Å²) in [5.41, 5.74) is 3.47. The molecule has 1 amide bonds. The zero-order chi connectivity index (χ0) is 26.2. The summed E-state index contributed by atoms with van der Waals surface area (Å²) in [4.78, 5) is 23.7. The lowest BCUT2D eigenvalue weighted by Crippen LogP contribution is -2.45. The number of nitrogens with zero attached hydrogens (tertiary/aromatic N) is 3. The van der Waals surface area contributed by atoms with E-state index < -0.39 is 0 Å². The number of benzene rings is 1. The maximum absolute atomic E-state index is 15.6. The summed E-state index contributed by atoms with van der Waals surface area (Å²) in [7, 11) is 0. The molecule has 2 aliphatic heterocycles. The Hall–Kier alpha value is -2.08. The molecule has 4 aliphatic rings. The molecule has 3 fully saturated rings. The summed E-state index contributed by atoms with van der Waals surface area (Å²) in [5.74, 6) is -0.266. The van der Waals surface area contributed by atoms with Gasteiger partial charge >= 0.3 is 0 Å². The molecule has 6 heteroatoms. The maximum Gasteiger partial charge on any atom is 0.267 e. The smallest absolute Gasteiger partial charge is 0.267 e. The quantitative estimate of drug-likeness (QED) is 0.365. The molecule has 2 aliphatic carbocycles. The number of aliphatic imine (C=N–C) groups is 1. The van der Waals surface area contributed by atoms with E-state index >= 15 is 4.39 Å². The molecule has 1 aromatic rings. The van der Waals surface area contributed by atoms with E-state index in [0.717, 1.165) is 73.5 Å². The summed E-state index contributed by atoms with van der Waals surface area (Å²) in [5, 5.41) is 0.848. The first kappa shape index (κ1) is 26.5. The Labute approximate surface area is 226 Å². The third-order valence-electron chi connectivity index (χ3n) is 8.47. The Morgan fingerprint density at radius 1 is 1.08 bits per heavy atom. The predicted molar refractivity (Wildman–Crippen MR) is 155 cm³/mol. The summed E-state index contributed by atoms with van der Waals surface area (Å²) in [6.07, 6.45) is 16.6. The second kappa shape index (κ2) is 11.0. The van der Waals surface area contributed by atoms with Gasteiger partial charge in [-0.15, -0.1) is 0 Å². The molecule has 0 atom stereocenters. The van der Waals surface area contributed by atoms with Crippen LogP contribution in [0.2, 0.25) is 0 Å². The zero-order valence-corrected chi connectivity index (χ0v) is 23.8. The van der Waals surface area contributed by atoms with Crippen LogP contribution in [0.1, 0.15) is 109 Å². The molecule has 1 aromatic carbocycles. The van der Waals surface area contributed by atoms with Gasteiger partial charge in [-0.3, -0.25) is 14.7 Å². The standard InChI is InChI=1S/C31H42FN3OS/c1-5-16-34-27-19-26(32)22(17-25(27)21(2)20-31(34,3)4)18-28-29(36)35(24-14-10-7-11-15-24)30(37-28)33-23-12-8-6-9-13-23/h17-20,23-24H,5-16H2,1-4H3/b28-18+,33-30?. The summed E-state index contributed by atoms with van der Waals surface area (Å²) < 4.78 is 15.6. The Morgan fingerprint density at radius 2 is 1.76 bits per heavy atom. The van der Waals surface area contributed by atoms with Gasteiger partial charge in [-0.05, 0) is 88.4 Å². The second-order valence-electron chi connectivity index (χ2n) is 11.8. The molecule has 0 spiro atoms. The Bertz CT molecular complexity index is 1130. The van der Waals surface area contributed by atoms with E-state index in [1.165, 1.54) is 37.4 Å². The number of halogens is 1. The van der Waals surface area contributed by atoms with Crippen molar-refractivity contribution in [1.82, 2.24) is 4.90 Å². The molecule has 0 N–H and O–H groups in total. The van der Waals surface area contributed by atoms with Gasteiger partial charge in [-0.25, -0.2) is 4.39 Å². The van der Waals surface area contributed by atoms with E-state index in [0.29, 0.717) is 16.5 Å². The van der Waals surface area contributed by atoms with Crippen LogP contribution < -0.4 is 4.90 Å². The lowest BCUT2D eigenvalue weighted by molar-refractivity contribution is -0.124. The van der Waals surface area contributed by atoms with Crippen LogP contribution in [-0.4, -0.2) is 40.1 Å². The van der Waals surface area contributed by atoms with Gasteiger partial charge in [-0.2, -0.15) is 0 Å². The minimum atomic E-state index is -0.270. The largest absolute Gasteiger partial charge is 0.362 e. The van der Waals surface area contributed by atoms with Crippen molar-refractivity contribution in [3.63, 3.8) is 0 Å². The number of hydrogen-bond acceptors (Lipinski definition) is 4. The van der Waals surface area contributed by atoms with Crippen LogP contribution in [0.25, 0.3) is 11.6 Å². The topological polar surface area (TPSA) is 35.9 Å². The van der Waals surface area contributed by atoms with Crippen LogP contribution in [0.5, 0.6) is 0 Å². The van der Waals surface area contributed by atoms with Gasteiger partial charge in [0.15, 0.2) is 5.17 Å². The van der Waals surface area contributed by atoms with Crippen molar-refractivity contribution in [1.29, 1.82) is 0 Å². The van der Waals surface area contributed by atoms with Gasteiger partial charge < -0.3 is 4.90 Å². The molecule has 4 nitrogen and oxygen atoms in total. The monoisotopic (exact) mass is 523 g/mol. The van der Waals surface area contributed by atoms with Crippen LogP contribution >= 0.6 is 11.8 Å². The molecule has 0 unspecified atom stereocenters. The van der Waals surface area contributed by atoms with Crippen LogP contribution in [0.3, 0.4) is 0 Å². The van der Waals surface area contributed by atoms with Crippen LogP contribution in [0, 0.1) is 5.82 Å². The lowest BCUT2D eigenvalue weighted by atomic mass is 9.87. The van der Waals surface area contributed by atoms with Crippen molar-refractivity contribution in [3.05, 3.63) is 40.1 Å². The summed E-state index contributed by atoms with van der Waals surface area (Å²) in [6.45, 7) is 9.50. The zero-order valence-electron chi connectivity index (χ0n) is 23.0. The molecule has 5 rings (SSSR count). The normalized spacial score (nSPS) is 25.2. The summed E-state index contributed by atoms with van der Waals surface area (Å²) in [6, 6.07) is 4.13. The third kappa shape index (κ3) is 5.41. The van der Waals surface area contributed by atoms with E-state index in [2.05, 4.69) is 38.7 Å². The molecular formula is C31H42FN3OS. The van der Waals surface area contributed by atoms with Gasteiger partial charge in [0.2, 0.25) is 0 Å². The van der Waals surface area contributed by atoms with E-state index in [1.807, 2.05) is 11.0 Å². The number of carbonyl (C=O) groups is 1. The summed E-state index contributed by atoms with van der Waals surface area (Å²) >= 11 is 1.46. The molecule has 2 saturated carbocycles. The Balaban J connectivity index is 1.50. The van der Waals surface area contributed by atoms with Gasteiger partial charge in [-0.1, -0.05) is 51.5 Å². The van der Waals surface area contributed by atoms with Crippen LogP contribution in [0.15, 0.2) is 28.1 Å². The average molecular weight is 524 g/mol. The van der Waals surface area contributed by atoms with Crippen LogP contribution in [0.4, 0.5) is 10.1 Å². The molecule has 0 bridgehead atoms. The fourth-order valence-corrected chi connectivity index (χ4v) is 7.70. The maximum atomic E-state index is 15.6. The number of hydrogen-bond donors (Lipinski definition) is 0. The van der Waals surface area contributed by atoms with Crippen molar-refractivity contribution >= 4 is 40.2 Å². The first-order chi connectivity index (χ1) is 17.8. The van der Waals surface area contributed by atoms with Gasteiger partial charge in [0.05, 0.1) is 16.5 Å². The molecule has 200 valence electrons. The molecule has 37 heavy (non-hydrogen) atoms. The molecule has 0 radical (unpaired) electrons. The number of fused-ring (bicyclic) bond motifs is 1. The van der Waals surface area contributed by atoms with Crippen molar-refractivity contribution in [2.45, 2.75) is 116 Å². The Morgan fingerprint density at radius 3 is 2.43 bits per heavy atom. The molecule has 0 aromatic heterocycles. The highest BCUT2D eigenvalue weighted by atomic mass is 32.2. The number of thioether (sulfide) groups is 1. The number of rotatable bonds is 5. The predicted octanol–water partition coefficient (Wildman–Crippen LogP) is 8.18. The molecule has 2 heterocycles. The molecule has 1 saturated heterocycles. The number of anilines is 1. The first-order valence-corrected chi connectivity index (χ1v) is 15.2. The second-order valence-corrected chi connectivity index (χ2v) is 12.8. The van der Waals surface area contributed by atoms with Crippen LogP contribution in [-0.2, 0) is 4.79 Å². The van der Waals surface area contributed by atoms with Crippen molar-refractivity contribution in [3.8, 4) is 0 Å². The fourth-order valence-electron chi connectivity index (χ4n) is 6.60. The number of allylic oxidation sites excluding steroid dienone is 1. The third-order valence-corrected chi connectivity index (χ3v) is 9.47. The van der Waals surface area contributed by atoms with Gasteiger partial charge in [0, 0.05) is 29.4 Å². The number of carbonyl (C=O) groups excluding carboxylic acids is 1. The van der Waals surface area contributed by atoms with Crippen molar-refractivity contribution in [2.75, 3.05) is 11.4 Å². The number of amides is 1. The van der Waals surface area contributed by atoms with Crippen molar-refractivity contribution < 1.29 is 9.18 Å². The van der Waals surface area contributed by atoms with Gasteiger partial charge in [0.1, 0.15) is 5.82 Å². The number of amidine groups is 1. The minimum absolute atomic E-state index is 0.00425. The van der Waals surface area contributed by atoms with Gasteiger partial charge in [0.25, 0.3) is 5.91 Å². The highest BCUT2D eigenvalue weighted by molar-refractivity contribution is 8.18. The molecular weight excluding hydrogens is 481 g/mol. The SMILES string of the molecule is CCCN1c2cc(F)c(/C=C3/SC(=NC4CCCCC4)N(C4CCCCC4)C3=O)cc2C(C)=CC1(C)C. The van der Waals surface area contributed by atoms with E-state index in [4.69, 9.17) is 4.99 Å². The van der Waals surface area contributed by atoms with Crippen molar-refractivity contribution in [2.24, 2.45) is 4.99 Å². The van der Waals surface area contributed by atoms with E-state index in [1.54, 1.807) is 12.1 Å². The first-order valence-electron chi connectivity index (χ1n) is 14.4. The average Bonchev–Trinajstić information content (AvgIpc) is 3.17. The fraction of sp³-hybridized carbons (Fsp3) is 0.613. The van der Waals surface area contributed by atoms with E-state index in [-0.39, 0.29) is 23.3 Å². The highest BCUT2D eigenvalue weighted by Gasteiger charge is 2.39.